The maximum Gasteiger partial charge on any atom is 0.334 e. The van der Waals surface area contributed by atoms with Crippen LogP contribution in [-0.2, 0) is 11.3 Å². The highest BCUT2D eigenvalue weighted by Gasteiger charge is 2.21. The number of nitro groups is 1. The summed E-state index contributed by atoms with van der Waals surface area (Å²) in [5, 5.41) is 13.6. The Morgan fingerprint density at radius 2 is 1.62 bits per heavy atom. The molecule has 0 aliphatic carbocycles. The van der Waals surface area contributed by atoms with Crippen LogP contribution in [0.3, 0.4) is 0 Å². The number of amides is 1. The minimum absolute atomic E-state index is 0.250. The summed E-state index contributed by atoms with van der Waals surface area (Å²) < 4.78 is 0. The third-order valence-corrected chi connectivity index (χ3v) is 2.83. The molecule has 1 amide bonds. The fourth-order valence-electron chi connectivity index (χ4n) is 1.78. The number of hydrogen-bond acceptors (Lipinski definition) is 3. The standard InChI is InChI=1S/C16H14N2O3/c19-16(17-12-14-9-5-2-6-10-14)15(18(20)21)11-13-7-3-1-4-8-13/h1-11H,12H2,(H,17,19)/b15-11+. The predicted molar refractivity (Wildman–Crippen MR) is 79.7 cm³/mol. The van der Waals surface area contributed by atoms with E-state index in [4.69, 9.17) is 0 Å². The van der Waals surface area contributed by atoms with Gasteiger partial charge >= 0.3 is 11.6 Å². The van der Waals surface area contributed by atoms with Gasteiger partial charge < -0.3 is 5.32 Å². The quantitative estimate of drug-likeness (QED) is 0.520. The first-order valence-electron chi connectivity index (χ1n) is 6.40. The molecule has 2 aromatic carbocycles. The topological polar surface area (TPSA) is 72.2 Å². The van der Waals surface area contributed by atoms with Gasteiger partial charge in [-0.2, -0.15) is 0 Å². The van der Waals surface area contributed by atoms with Crippen LogP contribution < -0.4 is 5.32 Å². The van der Waals surface area contributed by atoms with Gasteiger partial charge in [-0.25, -0.2) is 0 Å². The van der Waals surface area contributed by atoms with Gasteiger partial charge in [0.2, 0.25) is 0 Å². The Hall–Kier alpha value is -2.95. The molecule has 0 spiro atoms. The largest absolute Gasteiger partial charge is 0.343 e. The lowest BCUT2D eigenvalue weighted by atomic mass is 10.2. The number of carbonyl (C=O) groups is 1. The van der Waals surface area contributed by atoms with Crippen LogP contribution >= 0.6 is 0 Å². The normalized spacial score (nSPS) is 11.0. The van der Waals surface area contributed by atoms with Crippen molar-refractivity contribution in [2.75, 3.05) is 0 Å². The van der Waals surface area contributed by atoms with Crippen molar-refractivity contribution in [2.24, 2.45) is 0 Å². The van der Waals surface area contributed by atoms with Gasteiger partial charge in [-0.1, -0.05) is 60.7 Å². The summed E-state index contributed by atoms with van der Waals surface area (Å²) in [5.74, 6) is -0.701. The number of rotatable bonds is 5. The van der Waals surface area contributed by atoms with Crippen LogP contribution in [0.15, 0.2) is 66.4 Å². The zero-order valence-electron chi connectivity index (χ0n) is 11.2. The summed E-state index contributed by atoms with van der Waals surface area (Å²) >= 11 is 0. The van der Waals surface area contributed by atoms with Crippen molar-refractivity contribution in [2.45, 2.75) is 6.54 Å². The van der Waals surface area contributed by atoms with Gasteiger partial charge in [0.15, 0.2) is 0 Å². The Morgan fingerprint density at radius 3 is 2.19 bits per heavy atom. The number of carbonyl (C=O) groups excluding carboxylic acids is 1. The van der Waals surface area contributed by atoms with E-state index in [1.54, 1.807) is 30.3 Å². The van der Waals surface area contributed by atoms with Gasteiger partial charge in [0.1, 0.15) is 0 Å². The number of nitrogens with zero attached hydrogens (tertiary/aromatic N) is 1. The summed E-state index contributed by atoms with van der Waals surface area (Å²) in [6, 6.07) is 18.0. The summed E-state index contributed by atoms with van der Waals surface area (Å²) in [6.07, 6.45) is 1.26. The average molecular weight is 282 g/mol. The molecule has 0 aliphatic heterocycles. The lowest BCUT2D eigenvalue weighted by Gasteiger charge is -2.03. The van der Waals surface area contributed by atoms with Gasteiger partial charge in [0.25, 0.3) is 0 Å². The van der Waals surface area contributed by atoms with E-state index in [2.05, 4.69) is 5.32 Å². The monoisotopic (exact) mass is 282 g/mol. The molecule has 21 heavy (non-hydrogen) atoms. The van der Waals surface area contributed by atoms with E-state index in [1.807, 2.05) is 30.3 Å². The van der Waals surface area contributed by atoms with Crippen molar-refractivity contribution in [3.05, 3.63) is 87.6 Å². The number of benzene rings is 2. The Labute approximate surface area is 122 Å². The molecule has 5 heteroatoms. The minimum Gasteiger partial charge on any atom is -0.343 e. The number of hydrogen-bond donors (Lipinski definition) is 1. The molecule has 1 N–H and O–H groups in total. The van der Waals surface area contributed by atoms with E-state index >= 15 is 0 Å². The first-order chi connectivity index (χ1) is 10.2. The molecule has 0 saturated heterocycles. The average Bonchev–Trinajstić information content (AvgIpc) is 2.52. The van der Waals surface area contributed by atoms with Crippen LogP contribution in [0.1, 0.15) is 11.1 Å². The zero-order valence-corrected chi connectivity index (χ0v) is 11.2. The summed E-state index contributed by atoms with van der Waals surface area (Å²) in [7, 11) is 0. The molecule has 106 valence electrons. The van der Waals surface area contributed by atoms with Gasteiger partial charge in [0, 0.05) is 12.6 Å². The SMILES string of the molecule is O=C(NCc1ccccc1)/C(=C\c1ccccc1)[N+](=O)[O-]. The smallest absolute Gasteiger partial charge is 0.334 e. The molecule has 0 aliphatic rings. The van der Waals surface area contributed by atoms with E-state index < -0.39 is 16.5 Å². The van der Waals surface area contributed by atoms with Gasteiger partial charge in [-0.15, -0.1) is 0 Å². The fraction of sp³-hybridized carbons (Fsp3) is 0.0625. The minimum atomic E-state index is -0.701. The van der Waals surface area contributed by atoms with E-state index in [-0.39, 0.29) is 6.54 Å². The highest BCUT2D eigenvalue weighted by atomic mass is 16.6. The molecule has 2 aromatic rings. The molecule has 5 nitrogen and oxygen atoms in total. The lowest BCUT2D eigenvalue weighted by Crippen LogP contribution is -2.27. The lowest BCUT2D eigenvalue weighted by molar-refractivity contribution is -0.417. The van der Waals surface area contributed by atoms with Gasteiger partial charge in [-0.05, 0) is 11.1 Å². The molecular weight excluding hydrogens is 268 g/mol. The Kier molecular flexibility index (Phi) is 4.82. The molecule has 0 saturated carbocycles. The Morgan fingerprint density at radius 1 is 1.05 bits per heavy atom. The second-order valence-corrected chi connectivity index (χ2v) is 4.37. The van der Waals surface area contributed by atoms with E-state index in [0.29, 0.717) is 5.56 Å². The van der Waals surface area contributed by atoms with Crippen LogP contribution in [0.25, 0.3) is 6.08 Å². The highest BCUT2D eigenvalue weighted by Crippen LogP contribution is 2.08. The number of nitrogens with one attached hydrogen (secondary N) is 1. The van der Waals surface area contributed by atoms with Crippen LogP contribution in [0.4, 0.5) is 0 Å². The van der Waals surface area contributed by atoms with Crippen molar-refractivity contribution < 1.29 is 9.72 Å². The maximum atomic E-state index is 11.9. The van der Waals surface area contributed by atoms with Crippen molar-refractivity contribution in [1.82, 2.24) is 5.32 Å². The van der Waals surface area contributed by atoms with Crippen molar-refractivity contribution in [3.8, 4) is 0 Å². The predicted octanol–water partition coefficient (Wildman–Crippen LogP) is 2.62. The summed E-state index contributed by atoms with van der Waals surface area (Å²) in [4.78, 5) is 22.3. The third-order valence-electron chi connectivity index (χ3n) is 2.83. The molecule has 0 heterocycles. The maximum absolute atomic E-state index is 11.9. The molecule has 0 bridgehead atoms. The molecule has 0 radical (unpaired) electrons. The van der Waals surface area contributed by atoms with E-state index in [9.17, 15) is 14.9 Å². The Bertz CT molecular complexity index is 652. The first-order valence-corrected chi connectivity index (χ1v) is 6.40. The van der Waals surface area contributed by atoms with Crippen molar-refractivity contribution in [3.63, 3.8) is 0 Å². The molecule has 0 aromatic heterocycles. The Balaban J connectivity index is 2.10. The van der Waals surface area contributed by atoms with Crippen LogP contribution in [0.2, 0.25) is 0 Å². The second-order valence-electron chi connectivity index (χ2n) is 4.37. The molecule has 0 fully saturated rings. The van der Waals surface area contributed by atoms with Crippen LogP contribution in [0.5, 0.6) is 0 Å². The fourth-order valence-corrected chi connectivity index (χ4v) is 1.78. The molecule has 0 atom stereocenters. The molecule has 2 rings (SSSR count). The highest BCUT2D eigenvalue weighted by molar-refractivity contribution is 5.95. The van der Waals surface area contributed by atoms with E-state index in [0.717, 1.165) is 5.56 Å². The zero-order chi connectivity index (χ0) is 15.1. The van der Waals surface area contributed by atoms with Crippen molar-refractivity contribution in [1.29, 1.82) is 0 Å². The second kappa shape index (κ2) is 7.00. The summed E-state index contributed by atoms with van der Waals surface area (Å²) in [6.45, 7) is 0.250. The van der Waals surface area contributed by atoms with E-state index in [1.165, 1.54) is 6.08 Å². The first kappa shape index (κ1) is 14.5. The van der Waals surface area contributed by atoms with Crippen LogP contribution in [-0.4, -0.2) is 10.8 Å². The molecule has 0 unspecified atom stereocenters. The van der Waals surface area contributed by atoms with Crippen molar-refractivity contribution >= 4 is 12.0 Å². The molecular formula is C16H14N2O3. The summed E-state index contributed by atoms with van der Waals surface area (Å²) in [5.41, 5.74) is 1.02. The van der Waals surface area contributed by atoms with Gasteiger partial charge in [-0.3, -0.25) is 14.9 Å². The third kappa shape index (κ3) is 4.28. The van der Waals surface area contributed by atoms with Crippen LogP contribution in [0, 0.1) is 10.1 Å². The van der Waals surface area contributed by atoms with Gasteiger partial charge in [0.05, 0.1) is 4.92 Å².